The molecule has 5 saturated carbocycles. The first-order chi connectivity index (χ1) is 15.1. The molecule has 0 aromatic rings. The van der Waals surface area contributed by atoms with Crippen LogP contribution in [0, 0.1) is 56.2 Å². The van der Waals surface area contributed by atoms with Crippen LogP contribution >= 0.6 is 0 Å². The largest absolute Gasteiger partial charge is 0.481 e. The standard InChI is InChI=1S/C30H50O3/c1-25(2)14-16-30(24(32)33)17-15-28(6)19(20(30)18-25)8-9-22-27(5)12-11-23(31)26(3,4)21(27)10-13-29(22,28)7/h19-23,31H,8-18H2,1-7H3,(H,32,33)/t19?,20?,21?,22?,23-,27-,28+,29+,30?/m0/s1. The van der Waals surface area contributed by atoms with Crippen LogP contribution in [-0.4, -0.2) is 22.3 Å². The fourth-order valence-electron chi connectivity index (χ4n) is 11.4. The molecule has 188 valence electrons. The van der Waals surface area contributed by atoms with Crippen molar-refractivity contribution in [1.82, 2.24) is 0 Å². The topological polar surface area (TPSA) is 57.5 Å². The Morgan fingerprint density at radius 2 is 1.36 bits per heavy atom. The molecule has 2 N–H and O–H groups in total. The first kappa shape index (κ1) is 24.1. The average Bonchev–Trinajstić information content (AvgIpc) is 2.71. The van der Waals surface area contributed by atoms with Crippen LogP contribution in [0.4, 0.5) is 0 Å². The van der Waals surface area contributed by atoms with Crippen molar-refractivity contribution in [3.05, 3.63) is 0 Å². The summed E-state index contributed by atoms with van der Waals surface area (Å²) in [5, 5.41) is 21.4. The van der Waals surface area contributed by atoms with Gasteiger partial charge in [-0.1, -0.05) is 48.5 Å². The third kappa shape index (κ3) is 2.93. The van der Waals surface area contributed by atoms with E-state index >= 15 is 0 Å². The first-order valence-electron chi connectivity index (χ1n) is 14.1. The quantitative estimate of drug-likeness (QED) is 0.433. The van der Waals surface area contributed by atoms with Crippen LogP contribution in [-0.2, 0) is 4.79 Å². The lowest BCUT2D eigenvalue weighted by atomic mass is 9.31. The normalized spacial score (nSPS) is 54.8. The van der Waals surface area contributed by atoms with E-state index in [1.165, 1.54) is 25.7 Å². The maximum Gasteiger partial charge on any atom is 0.309 e. The summed E-state index contributed by atoms with van der Waals surface area (Å²) in [5.74, 6) is 1.62. The van der Waals surface area contributed by atoms with Gasteiger partial charge in [0.25, 0.3) is 0 Å². The molecule has 0 aliphatic heterocycles. The zero-order chi connectivity index (χ0) is 24.2. The van der Waals surface area contributed by atoms with Crippen LogP contribution in [0.3, 0.4) is 0 Å². The van der Waals surface area contributed by atoms with Crippen molar-refractivity contribution in [2.45, 2.75) is 125 Å². The summed E-state index contributed by atoms with van der Waals surface area (Å²) in [6, 6.07) is 0. The second kappa shape index (κ2) is 7.01. The summed E-state index contributed by atoms with van der Waals surface area (Å²) in [5.41, 5.74) is 0.544. The van der Waals surface area contributed by atoms with Gasteiger partial charge in [-0.05, 0) is 121 Å². The van der Waals surface area contributed by atoms with Crippen LogP contribution in [0.2, 0.25) is 0 Å². The molecule has 0 aromatic carbocycles. The molecule has 0 heterocycles. The maximum atomic E-state index is 12.8. The summed E-state index contributed by atoms with van der Waals surface area (Å²) in [6.45, 7) is 17.2. The molecule has 5 aliphatic rings. The van der Waals surface area contributed by atoms with Crippen LogP contribution < -0.4 is 0 Å². The first-order valence-corrected chi connectivity index (χ1v) is 14.1. The van der Waals surface area contributed by atoms with Crippen molar-refractivity contribution in [2.75, 3.05) is 0 Å². The predicted molar refractivity (Wildman–Crippen MR) is 133 cm³/mol. The van der Waals surface area contributed by atoms with Crippen molar-refractivity contribution < 1.29 is 15.0 Å². The zero-order valence-electron chi connectivity index (χ0n) is 22.5. The summed E-state index contributed by atoms with van der Waals surface area (Å²) in [6.07, 6.45) is 11.8. The zero-order valence-corrected chi connectivity index (χ0v) is 22.5. The fourth-order valence-corrected chi connectivity index (χ4v) is 11.4. The van der Waals surface area contributed by atoms with E-state index in [1.54, 1.807) is 0 Å². The molecule has 0 bridgehead atoms. The van der Waals surface area contributed by atoms with Gasteiger partial charge < -0.3 is 10.2 Å². The van der Waals surface area contributed by atoms with Crippen LogP contribution in [0.15, 0.2) is 0 Å². The molecule has 0 saturated heterocycles. The van der Waals surface area contributed by atoms with Crippen molar-refractivity contribution in [2.24, 2.45) is 56.2 Å². The Labute approximate surface area is 202 Å². The Hall–Kier alpha value is -0.570. The van der Waals surface area contributed by atoms with Crippen molar-refractivity contribution in [1.29, 1.82) is 0 Å². The van der Waals surface area contributed by atoms with Gasteiger partial charge in [0.2, 0.25) is 0 Å². The monoisotopic (exact) mass is 458 g/mol. The Morgan fingerprint density at radius 1 is 0.697 bits per heavy atom. The molecule has 0 amide bonds. The van der Waals surface area contributed by atoms with Gasteiger partial charge in [-0.15, -0.1) is 0 Å². The summed E-state index contributed by atoms with van der Waals surface area (Å²) >= 11 is 0. The second-order valence-corrected chi connectivity index (χ2v) is 15.5. The Morgan fingerprint density at radius 3 is 2.03 bits per heavy atom. The van der Waals surface area contributed by atoms with Crippen molar-refractivity contribution in [3.63, 3.8) is 0 Å². The highest BCUT2D eigenvalue weighted by Gasteiger charge is 2.71. The number of fused-ring (bicyclic) bond motifs is 7. The summed E-state index contributed by atoms with van der Waals surface area (Å²) in [7, 11) is 0. The highest BCUT2D eigenvalue weighted by molar-refractivity contribution is 5.75. The highest BCUT2D eigenvalue weighted by Crippen LogP contribution is 2.77. The van der Waals surface area contributed by atoms with E-state index in [0.29, 0.717) is 23.7 Å². The van der Waals surface area contributed by atoms with E-state index in [9.17, 15) is 15.0 Å². The van der Waals surface area contributed by atoms with E-state index in [0.717, 1.165) is 44.9 Å². The molecule has 5 unspecified atom stereocenters. The van der Waals surface area contributed by atoms with Gasteiger partial charge in [0, 0.05) is 0 Å². The number of aliphatic carboxylic acids is 1. The maximum absolute atomic E-state index is 12.8. The summed E-state index contributed by atoms with van der Waals surface area (Å²) < 4.78 is 0. The van der Waals surface area contributed by atoms with E-state index in [1.807, 2.05) is 0 Å². The van der Waals surface area contributed by atoms with Crippen LogP contribution in [0.5, 0.6) is 0 Å². The lowest BCUT2D eigenvalue weighted by Crippen LogP contribution is -2.67. The minimum atomic E-state index is -0.504. The van der Waals surface area contributed by atoms with Crippen LogP contribution in [0.1, 0.15) is 119 Å². The molecule has 0 aromatic heterocycles. The van der Waals surface area contributed by atoms with Gasteiger partial charge in [-0.25, -0.2) is 0 Å². The number of aliphatic hydroxyl groups is 1. The Kier molecular flexibility index (Phi) is 5.13. The Balaban J connectivity index is 1.54. The van der Waals surface area contributed by atoms with Crippen LogP contribution in [0.25, 0.3) is 0 Å². The van der Waals surface area contributed by atoms with E-state index in [2.05, 4.69) is 48.5 Å². The van der Waals surface area contributed by atoms with Crippen molar-refractivity contribution in [3.8, 4) is 0 Å². The molecule has 5 fully saturated rings. The van der Waals surface area contributed by atoms with E-state index in [-0.39, 0.29) is 33.2 Å². The molecule has 0 radical (unpaired) electrons. The predicted octanol–water partition coefficient (Wildman–Crippen LogP) is 7.31. The van der Waals surface area contributed by atoms with Gasteiger partial charge in [0.05, 0.1) is 11.5 Å². The SMILES string of the molecule is CC1(C)CCC2(C(=O)O)CC[C@]3(C)C(CCC4[C@@]5(C)CC[C@H](O)C(C)(C)C5CC[C@]43C)C2C1. The molecule has 5 aliphatic carbocycles. The lowest BCUT2D eigenvalue weighted by molar-refractivity contribution is -0.255. The minimum absolute atomic E-state index is 0.00942. The smallest absolute Gasteiger partial charge is 0.309 e. The number of hydrogen-bond donors (Lipinski definition) is 2. The number of carbonyl (C=O) groups is 1. The molecule has 33 heavy (non-hydrogen) atoms. The van der Waals surface area contributed by atoms with Gasteiger partial charge in [0.1, 0.15) is 0 Å². The second-order valence-electron chi connectivity index (χ2n) is 15.5. The lowest BCUT2D eigenvalue weighted by Gasteiger charge is -2.73. The van der Waals surface area contributed by atoms with Gasteiger partial charge >= 0.3 is 5.97 Å². The van der Waals surface area contributed by atoms with Gasteiger partial charge in [0.15, 0.2) is 0 Å². The molecular formula is C30H50O3. The minimum Gasteiger partial charge on any atom is -0.481 e. The number of hydrogen-bond acceptors (Lipinski definition) is 2. The van der Waals surface area contributed by atoms with E-state index < -0.39 is 11.4 Å². The van der Waals surface area contributed by atoms with E-state index in [4.69, 9.17) is 0 Å². The van der Waals surface area contributed by atoms with Gasteiger partial charge in [-0.2, -0.15) is 0 Å². The molecule has 5 rings (SSSR count). The third-order valence-electron chi connectivity index (χ3n) is 13.6. The molecular weight excluding hydrogens is 408 g/mol. The molecule has 3 nitrogen and oxygen atoms in total. The molecule has 0 spiro atoms. The number of rotatable bonds is 1. The Bertz CT molecular complexity index is 830. The average molecular weight is 459 g/mol. The molecule has 9 atom stereocenters. The number of aliphatic hydroxyl groups excluding tert-OH is 1. The molecule has 3 heteroatoms. The van der Waals surface area contributed by atoms with Gasteiger partial charge in [-0.3, -0.25) is 4.79 Å². The highest BCUT2D eigenvalue weighted by atomic mass is 16.4. The number of carboxylic acids is 1. The summed E-state index contributed by atoms with van der Waals surface area (Å²) in [4.78, 5) is 12.8. The fraction of sp³-hybridized carbons (Fsp3) is 0.967. The third-order valence-corrected chi connectivity index (χ3v) is 13.6. The number of carboxylic acid groups (broad SMARTS) is 1. The van der Waals surface area contributed by atoms with Crippen molar-refractivity contribution >= 4 is 5.97 Å².